The fourth-order valence-electron chi connectivity index (χ4n) is 6.60. The van der Waals surface area contributed by atoms with Gasteiger partial charge < -0.3 is 40.3 Å². The topological polar surface area (TPSA) is 141 Å². The van der Waals surface area contributed by atoms with Crippen molar-refractivity contribution >= 4 is 11.8 Å². The van der Waals surface area contributed by atoms with Gasteiger partial charge in [0.2, 0.25) is 11.8 Å². The molecule has 0 radical (unpaired) electrons. The van der Waals surface area contributed by atoms with Crippen LogP contribution in [-0.4, -0.2) is 93.8 Å². The Kier molecular flexibility index (Phi) is 11.6. The first-order valence-electron chi connectivity index (χ1n) is 17.0. The zero-order chi connectivity index (χ0) is 34.6. The molecule has 1 unspecified atom stereocenters. The number of ether oxygens (including phenoxy) is 2. The van der Waals surface area contributed by atoms with Gasteiger partial charge in [-0.15, -0.1) is 0 Å². The molecule has 0 saturated carbocycles. The summed E-state index contributed by atoms with van der Waals surface area (Å²) >= 11 is 0. The molecule has 2 fully saturated rings. The molecule has 10 nitrogen and oxygen atoms in total. The number of fused-ring (bicyclic) bond motifs is 2. The highest BCUT2D eigenvalue weighted by molar-refractivity contribution is 5.90. The lowest BCUT2D eigenvalue weighted by molar-refractivity contribution is -0.308. The second-order valence-electron chi connectivity index (χ2n) is 14.3. The highest BCUT2D eigenvalue weighted by Gasteiger charge is 2.67. The van der Waals surface area contributed by atoms with Crippen LogP contribution in [0, 0.1) is 6.92 Å². The SMILES string of the molecule is CCN(CC)CCNC(=O)C(C)(C)NC(=O)CCCc1ccc(Cc2cc([C@]34CC(O)[C@H](O)[C@](C(C)(C)O)(CO3)O4)ccc2C)cc1. The molecule has 47 heavy (non-hydrogen) atoms. The van der Waals surface area contributed by atoms with E-state index in [0.717, 1.165) is 53.9 Å². The Balaban J connectivity index is 1.31. The molecule has 10 heteroatoms. The summed E-state index contributed by atoms with van der Waals surface area (Å²) in [6, 6.07) is 14.3. The number of nitrogens with zero attached hydrogens (tertiary/aromatic N) is 1. The Morgan fingerprint density at radius 2 is 1.68 bits per heavy atom. The van der Waals surface area contributed by atoms with Crippen LogP contribution in [0.15, 0.2) is 42.5 Å². The van der Waals surface area contributed by atoms with Crippen LogP contribution in [0.4, 0.5) is 0 Å². The summed E-state index contributed by atoms with van der Waals surface area (Å²) in [5, 5.41) is 38.2. The number of aliphatic hydroxyl groups is 3. The van der Waals surface area contributed by atoms with Gasteiger partial charge in [-0.1, -0.05) is 50.2 Å². The van der Waals surface area contributed by atoms with Crippen molar-refractivity contribution in [3.05, 3.63) is 70.3 Å². The predicted molar refractivity (Wildman–Crippen MR) is 181 cm³/mol. The first-order chi connectivity index (χ1) is 22.1. The highest BCUT2D eigenvalue weighted by atomic mass is 16.8. The van der Waals surface area contributed by atoms with E-state index in [9.17, 15) is 24.9 Å². The van der Waals surface area contributed by atoms with Crippen LogP contribution >= 0.6 is 0 Å². The van der Waals surface area contributed by atoms with Gasteiger partial charge in [0, 0.05) is 31.5 Å². The number of nitrogens with one attached hydrogen (secondary N) is 2. The lowest BCUT2D eigenvalue weighted by atomic mass is 9.76. The summed E-state index contributed by atoms with van der Waals surface area (Å²) in [5.41, 5.74) is 1.31. The smallest absolute Gasteiger partial charge is 0.245 e. The van der Waals surface area contributed by atoms with Crippen molar-refractivity contribution in [3.63, 3.8) is 0 Å². The average molecular weight is 654 g/mol. The molecule has 2 aliphatic rings. The third-order valence-corrected chi connectivity index (χ3v) is 9.93. The summed E-state index contributed by atoms with van der Waals surface area (Å²) in [6.07, 6.45) is 0.0840. The van der Waals surface area contributed by atoms with Crippen LogP contribution in [-0.2, 0) is 37.7 Å². The third kappa shape index (κ3) is 8.24. The van der Waals surface area contributed by atoms with E-state index in [4.69, 9.17) is 9.47 Å². The summed E-state index contributed by atoms with van der Waals surface area (Å²) < 4.78 is 12.5. The molecule has 2 heterocycles. The second-order valence-corrected chi connectivity index (χ2v) is 14.3. The van der Waals surface area contributed by atoms with Crippen LogP contribution in [0.5, 0.6) is 0 Å². The van der Waals surface area contributed by atoms with Crippen molar-refractivity contribution in [2.24, 2.45) is 0 Å². The Hall–Kier alpha value is -2.86. The molecule has 2 aromatic rings. The molecule has 4 rings (SSSR count). The second kappa shape index (κ2) is 14.7. The van der Waals surface area contributed by atoms with Gasteiger partial charge in [-0.3, -0.25) is 9.59 Å². The van der Waals surface area contributed by atoms with Gasteiger partial charge in [0.25, 0.3) is 0 Å². The number of hydrogen-bond donors (Lipinski definition) is 5. The molecule has 2 saturated heterocycles. The number of amides is 2. The Bertz CT molecular complexity index is 1390. The third-order valence-electron chi connectivity index (χ3n) is 9.93. The van der Waals surface area contributed by atoms with Gasteiger partial charge in [-0.2, -0.15) is 0 Å². The zero-order valence-electron chi connectivity index (χ0n) is 29.2. The largest absolute Gasteiger partial charge is 0.390 e. The summed E-state index contributed by atoms with van der Waals surface area (Å²) in [6.45, 7) is 16.0. The number of hydrogen-bond acceptors (Lipinski definition) is 8. The van der Waals surface area contributed by atoms with Crippen molar-refractivity contribution in [1.29, 1.82) is 0 Å². The van der Waals surface area contributed by atoms with E-state index in [1.54, 1.807) is 27.7 Å². The quantitative estimate of drug-likeness (QED) is 0.198. The van der Waals surface area contributed by atoms with E-state index in [2.05, 4.69) is 53.6 Å². The predicted octanol–water partition coefficient (Wildman–Crippen LogP) is 3.10. The molecular formula is C37H55N3O7. The molecule has 260 valence electrons. The number of benzene rings is 2. The molecule has 2 bridgehead atoms. The van der Waals surface area contributed by atoms with Crippen LogP contribution in [0.2, 0.25) is 0 Å². The first-order valence-corrected chi connectivity index (χ1v) is 17.0. The maximum absolute atomic E-state index is 12.7. The van der Waals surface area contributed by atoms with Gasteiger partial charge in [-0.25, -0.2) is 0 Å². The zero-order valence-corrected chi connectivity index (χ0v) is 29.2. The maximum Gasteiger partial charge on any atom is 0.245 e. The number of rotatable bonds is 15. The van der Waals surface area contributed by atoms with Crippen LogP contribution < -0.4 is 10.6 Å². The number of aliphatic hydroxyl groups excluding tert-OH is 2. The standard InChI is InChI=1S/C37H55N3O7/c1-8-40(9-2)20-19-38-33(44)34(4,5)39-31(42)12-10-11-26-14-16-27(17-15-26)21-28-22-29(18-13-25(28)3)37-23-30(41)32(43)36(47-37,24-46-37)35(6,7)45/h13-18,22,30,32,41,43,45H,8-12,19-21,23-24H2,1-7H3,(H,38,44)(H,39,42)/t30?,32-,36-,37+/m0/s1. The molecule has 2 aliphatic heterocycles. The first kappa shape index (κ1) is 37.0. The fourth-order valence-corrected chi connectivity index (χ4v) is 6.60. The lowest BCUT2D eigenvalue weighted by Gasteiger charge is -2.48. The van der Waals surface area contributed by atoms with E-state index in [-0.39, 0.29) is 24.8 Å². The molecule has 5 N–H and O–H groups in total. The number of carbonyl (C=O) groups excluding carboxylic acids is 2. The van der Waals surface area contributed by atoms with Crippen molar-refractivity contribution in [2.45, 2.75) is 115 Å². The Morgan fingerprint density at radius 1 is 1.02 bits per heavy atom. The molecule has 0 spiro atoms. The van der Waals surface area contributed by atoms with Crippen molar-refractivity contribution < 1.29 is 34.4 Å². The van der Waals surface area contributed by atoms with Crippen LogP contribution in [0.3, 0.4) is 0 Å². The van der Waals surface area contributed by atoms with Crippen molar-refractivity contribution in [3.8, 4) is 0 Å². The fraction of sp³-hybridized carbons (Fsp3) is 0.622. The molecule has 0 aliphatic carbocycles. The van der Waals surface area contributed by atoms with E-state index in [0.29, 0.717) is 25.8 Å². The average Bonchev–Trinajstić information content (AvgIpc) is 3.37. The van der Waals surface area contributed by atoms with E-state index >= 15 is 0 Å². The van der Waals surface area contributed by atoms with Gasteiger partial charge in [0.1, 0.15) is 11.6 Å². The van der Waals surface area contributed by atoms with Crippen LogP contribution in [0.1, 0.15) is 88.6 Å². The summed E-state index contributed by atoms with van der Waals surface area (Å²) in [5.74, 6) is -1.59. The minimum Gasteiger partial charge on any atom is -0.390 e. The maximum atomic E-state index is 12.7. The van der Waals surface area contributed by atoms with Gasteiger partial charge >= 0.3 is 0 Å². The minimum absolute atomic E-state index is 0.0363. The Labute approximate surface area is 279 Å². The van der Waals surface area contributed by atoms with E-state index in [1.165, 1.54) is 0 Å². The highest BCUT2D eigenvalue weighted by Crippen LogP contribution is 2.53. The molecule has 4 atom stereocenters. The molecule has 2 amide bonds. The normalized spacial score (nSPS) is 24.4. The summed E-state index contributed by atoms with van der Waals surface area (Å²) in [4.78, 5) is 27.5. The summed E-state index contributed by atoms with van der Waals surface area (Å²) in [7, 11) is 0. The molecule has 2 aromatic carbocycles. The van der Waals surface area contributed by atoms with Gasteiger partial charge in [0.15, 0.2) is 11.4 Å². The van der Waals surface area contributed by atoms with Crippen molar-refractivity contribution in [2.75, 3.05) is 32.8 Å². The van der Waals surface area contributed by atoms with Crippen molar-refractivity contribution in [1.82, 2.24) is 15.5 Å². The molecule has 0 aromatic heterocycles. The van der Waals surface area contributed by atoms with E-state index in [1.807, 2.05) is 25.1 Å². The number of aryl methyl sites for hydroxylation is 2. The minimum atomic E-state index is -1.44. The lowest BCUT2D eigenvalue weighted by Crippen LogP contribution is -2.66. The van der Waals surface area contributed by atoms with Crippen LogP contribution in [0.25, 0.3) is 0 Å². The molecular weight excluding hydrogens is 598 g/mol. The van der Waals surface area contributed by atoms with E-state index < -0.39 is 34.7 Å². The number of carbonyl (C=O) groups is 2. The Morgan fingerprint density at radius 3 is 2.32 bits per heavy atom. The van der Waals surface area contributed by atoms with Gasteiger partial charge in [-0.05, 0) is 95.3 Å². The van der Waals surface area contributed by atoms with Gasteiger partial charge in [0.05, 0.1) is 18.3 Å². The monoisotopic (exact) mass is 653 g/mol. The number of likely N-dealkylation sites (N-methyl/N-ethyl adjacent to an activating group) is 1.